The van der Waals surface area contributed by atoms with Crippen molar-refractivity contribution in [2.24, 2.45) is 4.99 Å². The molecule has 7 nitrogen and oxygen atoms in total. The number of aliphatic imine (C=N–C) groups is 1. The lowest BCUT2D eigenvalue weighted by molar-refractivity contribution is -0.120. The highest BCUT2D eigenvalue weighted by Gasteiger charge is 2.34. The molecular formula is C28H26N4O3. The van der Waals surface area contributed by atoms with E-state index in [1.807, 2.05) is 60.7 Å². The van der Waals surface area contributed by atoms with E-state index >= 15 is 0 Å². The van der Waals surface area contributed by atoms with Crippen molar-refractivity contribution >= 4 is 23.4 Å². The summed E-state index contributed by atoms with van der Waals surface area (Å²) < 4.78 is 5.41. The number of anilines is 1. The third kappa shape index (κ3) is 5.56. The Kier molecular flexibility index (Phi) is 6.65. The van der Waals surface area contributed by atoms with Gasteiger partial charge in [-0.15, -0.1) is 0 Å². The Labute approximate surface area is 204 Å². The molecule has 1 atom stereocenters. The van der Waals surface area contributed by atoms with E-state index in [0.29, 0.717) is 17.0 Å². The van der Waals surface area contributed by atoms with E-state index in [9.17, 15) is 14.9 Å². The quantitative estimate of drug-likeness (QED) is 0.598. The maximum Gasteiger partial charge on any atom is 0.409 e. The van der Waals surface area contributed by atoms with E-state index in [1.54, 1.807) is 43.9 Å². The van der Waals surface area contributed by atoms with Crippen LogP contribution in [0.1, 0.15) is 43.0 Å². The summed E-state index contributed by atoms with van der Waals surface area (Å²) in [6, 6.07) is 26.3. The standard InChI is InChI=1S/C28H26N4O3/c1-28(2,3)35-27(34)31-25-26(33)32(18-20-11-9-10-19(16-20)17-29)23-15-8-7-14-22(23)24(30-25)21-12-5-4-6-13-21/h4-16,25H,18H2,1-3H3,(H,31,34). The number of nitrogens with zero attached hydrogens (tertiary/aromatic N) is 3. The third-order valence-electron chi connectivity index (χ3n) is 5.31. The van der Waals surface area contributed by atoms with Gasteiger partial charge in [-0.25, -0.2) is 9.79 Å². The lowest BCUT2D eigenvalue weighted by Gasteiger charge is -2.26. The van der Waals surface area contributed by atoms with Crippen molar-refractivity contribution in [2.45, 2.75) is 39.1 Å². The molecule has 0 bridgehead atoms. The highest BCUT2D eigenvalue weighted by molar-refractivity contribution is 6.20. The van der Waals surface area contributed by atoms with Crippen molar-refractivity contribution < 1.29 is 14.3 Å². The number of fused-ring (bicyclic) bond motifs is 1. The second kappa shape index (κ2) is 9.82. The number of para-hydroxylation sites is 1. The molecule has 176 valence electrons. The summed E-state index contributed by atoms with van der Waals surface area (Å²) in [5, 5.41) is 12.0. The van der Waals surface area contributed by atoms with Crippen LogP contribution in [0, 0.1) is 11.3 Å². The first-order valence-electron chi connectivity index (χ1n) is 11.3. The number of rotatable bonds is 4. The van der Waals surface area contributed by atoms with Gasteiger partial charge >= 0.3 is 6.09 Å². The number of benzene rings is 3. The topological polar surface area (TPSA) is 94.8 Å². The van der Waals surface area contributed by atoms with Crippen molar-refractivity contribution in [3.63, 3.8) is 0 Å². The molecule has 1 aliphatic rings. The Morgan fingerprint density at radius 1 is 1.06 bits per heavy atom. The highest BCUT2D eigenvalue weighted by Crippen LogP contribution is 2.29. The van der Waals surface area contributed by atoms with Gasteiger partial charge in [0.05, 0.1) is 29.6 Å². The van der Waals surface area contributed by atoms with Gasteiger partial charge in [-0.3, -0.25) is 10.1 Å². The molecule has 1 heterocycles. The van der Waals surface area contributed by atoms with Gasteiger partial charge in [0.1, 0.15) is 5.60 Å². The minimum absolute atomic E-state index is 0.204. The van der Waals surface area contributed by atoms with Gasteiger partial charge in [-0.05, 0) is 44.5 Å². The number of carbonyl (C=O) groups excluding carboxylic acids is 2. The van der Waals surface area contributed by atoms with Crippen LogP contribution in [0.3, 0.4) is 0 Å². The van der Waals surface area contributed by atoms with Gasteiger partial charge in [-0.2, -0.15) is 5.26 Å². The number of hydrogen-bond donors (Lipinski definition) is 1. The van der Waals surface area contributed by atoms with Crippen molar-refractivity contribution in [1.29, 1.82) is 5.26 Å². The normalized spacial score (nSPS) is 15.4. The molecule has 0 spiro atoms. The molecule has 0 aliphatic carbocycles. The van der Waals surface area contributed by atoms with E-state index in [1.165, 1.54) is 0 Å². The van der Waals surface area contributed by atoms with Crippen molar-refractivity contribution in [2.75, 3.05) is 4.90 Å². The van der Waals surface area contributed by atoms with Gasteiger partial charge in [0.15, 0.2) is 0 Å². The molecule has 0 aromatic heterocycles. The van der Waals surface area contributed by atoms with E-state index < -0.39 is 23.8 Å². The van der Waals surface area contributed by atoms with Crippen LogP contribution < -0.4 is 10.2 Å². The smallest absolute Gasteiger partial charge is 0.409 e. The molecule has 1 N–H and O–H groups in total. The second-order valence-corrected chi connectivity index (χ2v) is 9.15. The molecule has 7 heteroatoms. The van der Waals surface area contributed by atoms with Crippen LogP contribution in [0.2, 0.25) is 0 Å². The average Bonchev–Trinajstić information content (AvgIpc) is 2.94. The fourth-order valence-corrected chi connectivity index (χ4v) is 3.85. The molecule has 3 aromatic rings. The Morgan fingerprint density at radius 3 is 2.49 bits per heavy atom. The second-order valence-electron chi connectivity index (χ2n) is 9.15. The molecule has 3 aromatic carbocycles. The van der Waals surface area contributed by atoms with Crippen LogP contribution >= 0.6 is 0 Å². The molecule has 0 saturated heterocycles. The number of carbonyl (C=O) groups is 2. The third-order valence-corrected chi connectivity index (χ3v) is 5.31. The maximum atomic E-state index is 13.8. The van der Waals surface area contributed by atoms with E-state index in [2.05, 4.69) is 11.4 Å². The molecular weight excluding hydrogens is 440 g/mol. The Bertz CT molecular complexity index is 1320. The molecule has 4 rings (SSSR count). The van der Waals surface area contributed by atoms with E-state index in [-0.39, 0.29) is 6.54 Å². The maximum absolute atomic E-state index is 13.8. The summed E-state index contributed by atoms with van der Waals surface area (Å²) in [4.78, 5) is 32.8. The zero-order valence-electron chi connectivity index (χ0n) is 19.9. The largest absolute Gasteiger partial charge is 0.444 e. The van der Waals surface area contributed by atoms with Crippen molar-refractivity contribution in [3.8, 4) is 6.07 Å². The summed E-state index contributed by atoms with van der Waals surface area (Å²) in [6.07, 6.45) is -1.93. The predicted molar refractivity (Wildman–Crippen MR) is 134 cm³/mol. The van der Waals surface area contributed by atoms with Crippen LogP contribution in [-0.2, 0) is 16.1 Å². The molecule has 1 unspecified atom stereocenters. The summed E-state index contributed by atoms with van der Waals surface area (Å²) in [7, 11) is 0. The van der Waals surface area contributed by atoms with Gasteiger partial charge in [0.25, 0.3) is 5.91 Å². The molecule has 0 saturated carbocycles. The predicted octanol–water partition coefficient (Wildman–Crippen LogP) is 4.79. The van der Waals surface area contributed by atoms with Gasteiger partial charge in [-0.1, -0.05) is 60.7 Å². The first-order valence-corrected chi connectivity index (χ1v) is 11.3. The summed E-state index contributed by atoms with van der Waals surface area (Å²) in [5.41, 5.74) is 3.38. The van der Waals surface area contributed by atoms with Crippen LogP contribution in [0.15, 0.2) is 83.9 Å². The van der Waals surface area contributed by atoms with E-state index in [4.69, 9.17) is 9.73 Å². The Morgan fingerprint density at radius 2 is 1.77 bits per heavy atom. The summed E-state index contributed by atoms with van der Waals surface area (Å²) in [6.45, 7) is 5.47. The molecule has 1 aliphatic heterocycles. The molecule has 2 amide bonds. The summed E-state index contributed by atoms with van der Waals surface area (Å²) in [5.74, 6) is -0.406. The minimum Gasteiger partial charge on any atom is -0.444 e. The first-order chi connectivity index (χ1) is 16.7. The van der Waals surface area contributed by atoms with Gasteiger partial charge in [0, 0.05) is 11.1 Å². The van der Waals surface area contributed by atoms with Crippen molar-refractivity contribution in [3.05, 3.63) is 101 Å². The van der Waals surface area contributed by atoms with Gasteiger partial charge < -0.3 is 9.64 Å². The lowest BCUT2D eigenvalue weighted by atomic mass is 10.00. The zero-order valence-corrected chi connectivity index (χ0v) is 19.9. The molecule has 0 fully saturated rings. The fourth-order valence-electron chi connectivity index (χ4n) is 3.85. The number of hydrogen-bond acceptors (Lipinski definition) is 5. The van der Waals surface area contributed by atoms with Crippen LogP contribution in [0.5, 0.6) is 0 Å². The fraction of sp³-hybridized carbons (Fsp3) is 0.214. The number of benzodiazepines with no additional fused rings is 1. The van der Waals surface area contributed by atoms with Crippen LogP contribution in [0.4, 0.5) is 10.5 Å². The van der Waals surface area contributed by atoms with Gasteiger partial charge in [0.2, 0.25) is 6.17 Å². The van der Waals surface area contributed by atoms with Crippen molar-refractivity contribution in [1.82, 2.24) is 5.32 Å². The monoisotopic (exact) mass is 466 g/mol. The van der Waals surface area contributed by atoms with E-state index in [0.717, 1.165) is 16.7 Å². The summed E-state index contributed by atoms with van der Waals surface area (Å²) >= 11 is 0. The number of ether oxygens (including phenoxy) is 1. The van der Waals surface area contributed by atoms with Crippen LogP contribution in [-0.4, -0.2) is 29.5 Å². The molecule has 35 heavy (non-hydrogen) atoms. The lowest BCUT2D eigenvalue weighted by Crippen LogP contribution is -2.48. The number of alkyl carbamates (subject to hydrolysis) is 1. The minimum atomic E-state index is -1.20. The zero-order chi connectivity index (χ0) is 25.0. The number of amides is 2. The Balaban J connectivity index is 1.81. The SMILES string of the molecule is CC(C)(C)OC(=O)NC1N=C(c2ccccc2)c2ccccc2N(Cc2cccc(C#N)c2)C1=O. The highest BCUT2D eigenvalue weighted by atomic mass is 16.6. The Hall–Kier alpha value is -4.44. The number of nitriles is 1. The van der Waals surface area contributed by atoms with Crippen LogP contribution in [0.25, 0.3) is 0 Å². The number of nitrogens with one attached hydrogen (secondary N) is 1. The molecule has 0 radical (unpaired) electrons. The first kappa shape index (κ1) is 23.7. The average molecular weight is 467 g/mol.